The fourth-order valence-electron chi connectivity index (χ4n) is 7.02. The van der Waals surface area contributed by atoms with Crippen LogP contribution in [0.3, 0.4) is 0 Å². The smallest absolute Gasteiger partial charge is 0.308 e. The standard InChI is InChI=1S/C22H30O5/c1-20-8-6-14(23)10-13(20)4-5-15-16-7-9-22(26,12-18(25)27-3)21(16,2)11-17(24)19(15)20/h6,8,10,15-17,19,24,26H,4-5,7,9,11-12H2,1-3H3/t15?,16?,17?,19?,20?,21?,22-/m0/s1. The largest absolute Gasteiger partial charge is 0.469 e. The molecule has 3 saturated carbocycles. The average molecular weight is 374 g/mol. The number of methoxy groups -OCH3 is 1. The Kier molecular flexibility index (Phi) is 4.21. The third-order valence-electron chi connectivity index (χ3n) is 8.48. The third-order valence-corrected chi connectivity index (χ3v) is 8.48. The van der Waals surface area contributed by atoms with E-state index < -0.39 is 23.1 Å². The number of fused-ring (bicyclic) bond motifs is 5. The molecule has 4 aliphatic carbocycles. The van der Waals surface area contributed by atoms with Crippen molar-refractivity contribution >= 4 is 11.8 Å². The molecule has 0 spiro atoms. The maximum Gasteiger partial charge on any atom is 0.308 e. The van der Waals surface area contributed by atoms with Gasteiger partial charge in [0.2, 0.25) is 0 Å². The Bertz CT molecular complexity index is 739. The molecule has 5 nitrogen and oxygen atoms in total. The minimum Gasteiger partial charge on any atom is -0.469 e. The van der Waals surface area contributed by atoms with Crippen molar-refractivity contribution in [3.05, 3.63) is 23.8 Å². The minimum absolute atomic E-state index is 0.0164. The van der Waals surface area contributed by atoms with Crippen LogP contribution in [0.5, 0.6) is 0 Å². The van der Waals surface area contributed by atoms with E-state index in [4.69, 9.17) is 4.74 Å². The molecule has 5 heteroatoms. The number of ether oxygens (including phenoxy) is 1. The molecule has 0 saturated heterocycles. The van der Waals surface area contributed by atoms with Gasteiger partial charge in [-0.1, -0.05) is 25.5 Å². The zero-order valence-corrected chi connectivity index (χ0v) is 16.4. The van der Waals surface area contributed by atoms with Gasteiger partial charge in [-0.05, 0) is 56.1 Å². The van der Waals surface area contributed by atoms with Crippen LogP contribution in [0.15, 0.2) is 23.8 Å². The molecule has 2 N–H and O–H groups in total. The highest BCUT2D eigenvalue weighted by Crippen LogP contribution is 2.67. The zero-order chi connectivity index (χ0) is 19.6. The van der Waals surface area contributed by atoms with Gasteiger partial charge < -0.3 is 14.9 Å². The molecule has 0 aromatic carbocycles. The monoisotopic (exact) mass is 374 g/mol. The van der Waals surface area contributed by atoms with Crippen LogP contribution in [0.1, 0.15) is 52.4 Å². The maximum absolute atomic E-state index is 11.9. The van der Waals surface area contributed by atoms with Crippen molar-refractivity contribution in [2.24, 2.45) is 28.6 Å². The summed E-state index contributed by atoms with van der Waals surface area (Å²) in [7, 11) is 1.35. The van der Waals surface area contributed by atoms with Crippen LogP contribution in [-0.2, 0) is 14.3 Å². The summed E-state index contributed by atoms with van der Waals surface area (Å²) in [6, 6.07) is 0. The van der Waals surface area contributed by atoms with Crippen molar-refractivity contribution in [3.63, 3.8) is 0 Å². The van der Waals surface area contributed by atoms with Gasteiger partial charge in [0, 0.05) is 16.7 Å². The average Bonchev–Trinajstić information content (AvgIpc) is 2.85. The number of carbonyl (C=O) groups excluding carboxylic acids is 2. The molecule has 0 aromatic heterocycles. The molecule has 0 heterocycles. The van der Waals surface area contributed by atoms with Crippen molar-refractivity contribution in [1.82, 2.24) is 0 Å². The lowest BCUT2D eigenvalue weighted by Crippen LogP contribution is -2.59. The number of hydrogen-bond donors (Lipinski definition) is 2. The summed E-state index contributed by atoms with van der Waals surface area (Å²) in [5, 5.41) is 22.6. The number of aliphatic hydroxyl groups is 2. The molecule has 148 valence electrons. The molecule has 3 fully saturated rings. The van der Waals surface area contributed by atoms with E-state index in [9.17, 15) is 19.8 Å². The SMILES string of the molecule is COC(=O)C[C@@]1(O)CCC2C3CCC4=CC(=O)C=CC4(C)C3C(O)CC21C. The summed E-state index contributed by atoms with van der Waals surface area (Å²) < 4.78 is 4.82. The van der Waals surface area contributed by atoms with Gasteiger partial charge in [-0.15, -0.1) is 0 Å². The summed E-state index contributed by atoms with van der Waals surface area (Å²) >= 11 is 0. The van der Waals surface area contributed by atoms with Gasteiger partial charge in [0.25, 0.3) is 0 Å². The van der Waals surface area contributed by atoms with Gasteiger partial charge >= 0.3 is 5.97 Å². The van der Waals surface area contributed by atoms with Crippen LogP contribution >= 0.6 is 0 Å². The van der Waals surface area contributed by atoms with Gasteiger partial charge in [0.1, 0.15) is 0 Å². The van der Waals surface area contributed by atoms with Crippen LogP contribution in [0.25, 0.3) is 0 Å². The van der Waals surface area contributed by atoms with Gasteiger partial charge in [-0.2, -0.15) is 0 Å². The first-order valence-electron chi connectivity index (χ1n) is 10.1. The van der Waals surface area contributed by atoms with Crippen LogP contribution in [0, 0.1) is 28.6 Å². The highest BCUT2D eigenvalue weighted by molar-refractivity contribution is 6.01. The van der Waals surface area contributed by atoms with Crippen LogP contribution in [0.2, 0.25) is 0 Å². The predicted molar refractivity (Wildman–Crippen MR) is 99.6 cm³/mol. The van der Waals surface area contributed by atoms with E-state index in [-0.39, 0.29) is 35.4 Å². The number of rotatable bonds is 2. The second kappa shape index (κ2) is 6.02. The van der Waals surface area contributed by atoms with Crippen LogP contribution < -0.4 is 0 Å². The van der Waals surface area contributed by atoms with E-state index in [1.807, 2.05) is 13.0 Å². The molecule has 7 atom stereocenters. The molecule has 0 radical (unpaired) electrons. The van der Waals surface area contributed by atoms with Crippen molar-refractivity contribution in [1.29, 1.82) is 0 Å². The van der Waals surface area contributed by atoms with E-state index in [0.717, 1.165) is 24.8 Å². The van der Waals surface area contributed by atoms with E-state index in [0.29, 0.717) is 12.8 Å². The fourth-order valence-corrected chi connectivity index (χ4v) is 7.02. The number of ketones is 1. The number of allylic oxidation sites excluding steroid dienone is 4. The summed E-state index contributed by atoms with van der Waals surface area (Å²) in [5.74, 6) is 0.200. The summed E-state index contributed by atoms with van der Waals surface area (Å²) in [4.78, 5) is 23.8. The second-order valence-corrected chi connectivity index (χ2v) is 9.53. The van der Waals surface area contributed by atoms with Crippen molar-refractivity contribution in [2.45, 2.75) is 64.1 Å². The first-order valence-corrected chi connectivity index (χ1v) is 10.1. The lowest BCUT2D eigenvalue weighted by Gasteiger charge is -2.59. The topological polar surface area (TPSA) is 83.8 Å². The zero-order valence-electron chi connectivity index (χ0n) is 16.4. The van der Waals surface area contributed by atoms with Crippen LogP contribution in [-0.4, -0.2) is 40.8 Å². The normalized spacial score (nSPS) is 48.3. The molecular formula is C22H30O5. The molecular weight excluding hydrogens is 344 g/mol. The van der Waals surface area contributed by atoms with E-state index >= 15 is 0 Å². The first kappa shape index (κ1) is 18.9. The third kappa shape index (κ3) is 2.51. The van der Waals surface area contributed by atoms with Crippen molar-refractivity contribution in [3.8, 4) is 0 Å². The lowest BCUT2D eigenvalue weighted by molar-refractivity contribution is -0.177. The molecule has 4 aliphatic rings. The quantitative estimate of drug-likeness (QED) is 0.726. The molecule has 0 bridgehead atoms. The molecule has 0 amide bonds. The lowest BCUT2D eigenvalue weighted by atomic mass is 9.46. The fraction of sp³-hybridized carbons (Fsp3) is 0.727. The van der Waals surface area contributed by atoms with E-state index in [1.54, 1.807) is 12.2 Å². The Morgan fingerprint density at radius 2 is 2.07 bits per heavy atom. The van der Waals surface area contributed by atoms with Crippen molar-refractivity contribution in [2.75, 3.05) is 7.11 Å². The van der Waals surface area contributed by atoms with Crippen molar-refractivity contribution < 1.29 is 24.5 Å². The highest BCUT2D eigenvalue weighted by Gasteiger charge is 2.66. The van der Waals surface area contributed by atoms with E-state index in [1.165, 1.54) is 7.11 Å². The summed E-state index contributed by atoms with van der Waals surface area (Å²) in [5.41, 5.74) is -0.818. The Morgan fingerprint density at radius 1 is 1.33 bits per heavy atom. The number of carbonyl (C=O) groups is 2. The van der Waals surface area contributed by atoms with Gasteiger partial charge in [0.15, 0.2) is 5.78 Å². The second-order valence-electron chi connectivity index (χ2n) is 9.53. The molecule has 4 rings (SSSR count). The summed E-state index contributed by atoms with van der Waals surface area (Å²) in [6.07, 6.45) is 8.43. The predicted octanol–water partition coefficient (Wildman–Crippen LogP) is 2.56. The Balaban J connectivity index is 1.70. The minimum atomic E-state index is -1.13. The van der Waals surface area contributed by atoms with Gasteiger partial charge in [-0.3, -0.25) is 9.59 Å². The van der Waals surface area contributed by atoms with Gasteiger partial charge in [-0.25, -0.2) is 0 Å². The van der Waals surface area contributed by atoms with E-state index in [2.05, 4.69) is 6.92 Å². The maximum atomic E-state index is 11.9. The number of esters is 1. The molecule has 6 unspecified atom stereocenters. The first-order chi connectivity index (χ1) is 12.6. The Hall–Kier alpha value is -1.46. The molecule has 0 aromatic rings. The van der Waals surface area contributed by atoms with Crippen LogP contribution in [0.4, 0.5) is 0 Å². The Morgan fingerprint density at radius 3 is 2.78 bits per heavy atom. The summed E-state index contributed by atoms with van der Waals surface area (Å²) in [6.45, 7) is 4.18. The number of aliphatic hydroxyl groups excluding tert-OH is 1. The number of hydrogen-bond acceptors (Lipinski definition) is 5. The molecule has 0 aliphatic heterocycles. The molecule has 27 heavy (non-hydrogen) atoms. The van der Waals surface area contributed by atoms with Gasteiger partial charge in [0.05, 0.1) is 25.2 Å². The highest BCUT2D eigenvalue weighted by atomic mass is 16.5. The Labute approximate surface area is 160 Å².